The summed E-state index contributed by atoms with van der Waals surface area (Å²) in [7, 11) is 0. The highest BCUT2D eigenvalue weighted by Gasteiger charge is 2.07. The highest BCUT2D eigenvalue weighted by atomic mass is 35.5. The average Bonchev–Trinajstić information content (AvgIpc) is 2.50. The third-order valence-electron chi connectivity index (χ3n) is 3.53. The van der Waals surface area contributed by atoms with Gasteiger partial charge in [-0.2, -0.15) is 5.10 Å². The average molecular weight is 349 g/mol. The molecule has 1 N–H and O–H groups in total. The number of hydrogen-bond acceptors (Lipinski definition) is 2. The Morgan fingerprint density at radius 1 is 1.09 bits per heavy atom. The van der Waals surface area contributed by atoms with Gasteiger partial charge in [-0.1, -0.05) is 53.0 Å². The number of aryl methyl sites for hydroxylation is 2. The summed E-state index contributed by atoms with van der Waals surface area (Å²) in [6.45, 7) is 5.83. The number of amides is 1. The molecule has 0 radical (unpaired) electrons. The van der Waals surface area contributed by atoms with Gasteiger partial charge in [0.15, 0.2) is 0 Å². The lowest BCUT2D eigenvalue weighted by atomic mass is 10.0. The molecule has 0 bridgehead atoms. The maximum atomic E-state index is 12.0. The van der Waals surface area contributed by atoms with E-state index in [1.54, 1.807) is 19.1 Å². The van der Waals surface area contributed by atoms with Crippen LogP contribution in [0.1, 0.15) is 29.2 Å². The Kier molecular flexibility index (Phi) is 5.80. The summed E-state index contributed by atoms with van der Waals surface area (Å²) < 4.78 is 0. The van der Waals surface area contributed by atoms with Gasteiger partial charge in [0.25, 0.3) is 0 Å². The molecule has 0 aliphatic carbocycles. The van der Waals surface area contributed by atoms with Gasteiger partial charge in [0.1, 0.15) is 0 Å². The van der Waals surface area contributed by atoms with Crippen LogP contribution in [0, 0.1) is 13.8 Å². The van der Waals surface area contributed by atoms with Gasteiger partial charge in [0.2, 0.25) is 5.91 Å². The molecule has 0 spiro atoms. The number of hydrogen-bond donors (Lipinski definition) is 1. The Bertz CT molecular complexity index is 770. The third-order valence-corrected chi connectivity index (χ3v) is 4.27. The van der Waals surface area contributed by atoms with Crippen molar-refractivity contribution < 1.29 is 4.79 Å². The lowest BCUT2D eigenvalue weighted by Gasteiger charge is -2.07. The first-order valence-electron chi connectivity index (χ1n) is 7.21. The van der Waals surface area contributed by atoms with Crippen molar-refractivity contribution in [2.45, 2.75) is 27.2 Å². The normalized spacial score (nSPS) is 11.4. The molecule has 0 atom stereocenters. The largest absolute Gasteiger partial charge is 0.273 e. The van der Waals surface area contributed by atoms with E-state index >= 15 is 0 Å². The molecule has 23 heavy (non-hydrogen) atoms. The fourth-order valence-electron chi connectivity index (χ4n) is 2.19. The summed E-state index contributed by atoms with van der Waals surface area (Å²) in [5, 5.41) is 5.07. The van der Waals surface area contributed by atoms with E-state index in [1.165, 1.54) is 5.56 Å². The predicted octanol–water partition coefficient (Wildman–Crippen LogP) is 4.69. The van der Waals surface area contributed by atoms with Crippen LogP contribution in [0.5, 0.6) is 0 Å². The number of nitrogens with zero attached hydrogens (tertiary/aromatic N) is 1. The summed E-state index contributed by atoms with van der Waals surface area (Å²) in [5.74, 6) is -0.156. The maximum Gasteiger partial charge on any atom is 0.244 e. The third kappa shape index (κ3) is 4.81. The van der Waals surface area contributed by atoms with Crippen LogP contribution in [0.15, 0.2) is 41.5 Å². The van der Waals surface area contributed by atoms with E-state index in [1.807, 2.05) is 32.0 Å². The number of halogens is 2. The molecular weight excluding hydrogens is 331 g/mol. The first kappa shape index (κ1) is 17.5. The molecule has 0 fully saturated rings. The molecule has 0 aromatic heterocycles. The lowest BCUT2D eigenvalue weighted by Crippen LogP contribution is -2.21. The van der Waals surface area contributed by atoms with Crippen molar-refractivity contribution in [2.75, 3.05) is 0 Å². The Labute approximate surface area is 146 Å². The van der Waals surface area contributed by atoms with Crippen molar-refractivity contribution in [1.29, 1.82) is 0 Å². The molecule has 1 amide bonds. The molecule has 0 unspecified atom stereocenters. The Morgan fingerprint density at radius 3 is 2.48 bits per heavy atom. The fraction of sp³-hybridized carbons (Fsp3) is 0.222. The number of carbonyl (C=O) groups excluding carboxylic acids is 1. The lowest BCUT2D eigenvalue weighted by molar-refractivity contribution is -0.120. The summed E-state index contributed by atoms with van der Waals surface area (Å²) >= 11 is 11.9. The summed E-state index contributed by atoms with van der Waals surface area (Å²) in [5.41, 5.74) is 7.33. The zero-order valence-electron chi connectivity index (χ0n) is 13.3. The van der Waals surface area contributed by atoms with Gasteiger partial charge < -0.3 is 0 Å². The molecule has 0 saturated carbocycles. The minimum atomic E-state index is -0.156. The van der Waals surface area contributed by atoms with E-state index in [-0.39, 0.29) is 5.91 Å². The number of nitrogens with one attached hydrogen (secondary N) is 1. The summed E-state index contributed by atoms with van der Waals surface area (Å²) in [6, 6.07) is 11.3. The SMILES string of the molecule is C/C(=N\NC(=O)Cc1ccc(C)cc1C)c1ccc(Cl)c(Cl)c1. The van der Waals surface area contributed by atoms with Gasteiger partial charge in [0.05, 0.1) is 22.2 Å². The van der Waals surface area contributed by atoms with Crippen LogP contribution in [0.2, 0.25) is 10.0 Å². The number of carbonyl (C=O) groups is 1. The molecule has 0 heterocycles. The molecule has 0 aliphatic rings. The first-order valence-corrected chi connectivity index (χ1v) is 7.97. The number of benzene rings is 2. The Hall–Kier alpha value is -1.84. The van der Waals surface area contributed by atoms with Gasteiger partial charge >= 0.3 is 0 Å². The molecule has 2 aromatic carbocycles. The van der Waals surface area contributed by atoms with Crippen molar-refractivity contribution in [1.82, 2.24) is 5.43 Å². The van der Waals surface area contributed by atoms with E-state index < -0.39 is 0 Å². The molecular formula is C18H18Cl2N2O. The van der Waals surface area contributed by atoms with E-state index in [2.05, 4.69) is 16.6 Å². The fourth-order valence-corrected chi connectivity index (χ4v) is 2.49. The molecule has 2 aromatic rings. The molecule has 0 saturated heterocycles. The minimum absolute atomic E-state index is 0.156. The van der Waals surface area contributed by atoms with E-state index in [0.29, 0.717) is 22.2 Å². The van der Waals surface area contributed by atoms with Crippen LogP contribution in [0.3, 0.4) is 0 Å². The second-order valence-corrected chi connectivity index (χ2v) is 6.28. The minimum Gasteiger partial charge on any atom is -0.273 e. The van der Waals surface area contributed by atoms with Gasteiger partial charge in [-0.25, -0.2) is 5.43 Å². The Balaban J connectivity index is 2.03. The van der Waals surface area contributed by atoms with Crippen LogP contribution in [-0.2, 0) is 11.2 Å². The summed E-state index contributed by atoms with van der Waals surface area (Å²) in [6.07, 6.45) is 0.296. The topological polar surface area (TPSA) is 41.5 Å². The van der Waals surface area contributed by atoms with E-state index in [4.69, 9.17) is 23.2 Å². The van der Waals surface area contributed by atoms with Crippen molar-refractivity contribution in [3.8, 4) is 0 Å². The zero-order valence-corrected chi connectivity index (χ0v) is 14.8. The van der Waals surface area contributed by atoms with E-state index in [9.17, 15) is 4.79 Å². The highest BCUT2D eigenvalue weighted by Crippen LogP contribution is 2.22. The first-order chi connectivity index (χ1) is 10.9. The van der Waals surface area contributed by atoms with Gasteiger partial charge in [-0.3, -0.25) is 4.79 Å². The molecule has 0 aliphatic heterocycles. The van der Waals surface area contributed by atoms with Crippen LogP contribution < -0.4 is 5.43 Å². The van der Waals surface area contributed by atoms with Crippen molar-refractivity contribution >= 4 is 34.8 Å². The molecule has 3 nitrogen and oxygen atoms in total. The Morgan fingerprint density at radius 2 is 1.83 bits per heavy atom. The molecule has 5 heteroatoms. The monoisotopic (exact) mass is 348 g/mol. The van der Waals surface area contributed by atoms with Crippen molar-refractivity contribution in [3.05, 3.63) is 68.7 Å². The smallest absolute Gasteiger partial charge is 0.244 e. The second kappa shape index (κ2) is 7.62. The maximum absolute atomic E-state index is 12.0. The highest BCUT2D eigenvalue weighted by molar-refractivity contribution is 6.42. The standard InChI is InChI=1S/C18H18Cl2N2O/c1-11-4-5-14(12(2)8-11)10-18(23)22-21-13(3)15-6-7-16(19)17(20)9-15/h4-9H,10H2,1-3H3,(H,22,23)/b21-13+. The zero-order chi connectivity index (χ0) is 17.0. The number of rotatable bonds is 4. The van der Waals surface area contributed by atoms with Crippen LogP contribution in [-0.4, -0.2) is 11.6 Å². The van der Waals surface area contributed by atoms with Crippen molar-refractivity contribution in [2.24, 2.45) is 5.10 Å². The van der Waals surface area contributed by atoms with Gasteiger partial charge in [-0.15, -0.1) is 0 Å². The van der Waals surface area contributed by atoms with Gasteiger partial charge in [0, 0.05) is 0 Å². The van der Waals surface area contributed by atoms with Crippen LogP contribution in [0.4, 0.5) is 0 Å². The molecule has 2 rings (SSSR count). The quantitative estimate of drug-likeness (QED) is 0.631. The van der Waals surface area contributed by atoms with Crippen LogP contribution >= 0.6 is 23.2 Å². The predicted molar refractivity (Wildman–Crippen MR) is 96.4 cm³/mol. The molecule has 120 valence electrons. The van der Waals surface area contributed by atoms with Gasteiger partial charge in [-0.05, 0) is 49.6 Å². The second-order valence-electron chi connectivity index (χ2n) is 5.47. The summed E-state index contributed by atoms with van der Waals surface area (Å²) in [4.78, 5) is 12.0. The van der Waals surface area contributed by atoms with Crippen LogP contribution in [0.25, 0.3) is 0 Å². The van der Waals surface area contributed by atoms with Crippen molar-refractivity contribution in [3.63, 3.8) is 0 Å². The number of hydrazone groups is 1. The van der Waals surface area contributed by atoms with E-state index in [0.717, 1.165) is 16.7 Å².